The molecule has 31 heavy (non-hydrogen) atoms. The number of anilines is 1. The number of ether oxygens (including phenoxy) is 2. The van der Waals surface area contributed by atoms with E-state index >= 15 is 0 Å². The number of hydrogen-bond donors (Lipinski definition) is 2. The number of pyridine rings is 1. The number of nitrogens with one attached hydrogen (secondary N) is 1. The summed E-state index contributed by atoms with van der Waals surface area (Å²) >= 11 is 3.05. The molecule has 2 aromatic carbocycles. The zero-order chi connectivity index (χ0) is 22.3. The first-order valence-corrected chi connectivity index (χ1v) is 11.0. The van der Waals surface area contributed by atoms with Gasteiger partial charge in [-0.1, -0.05) is 6.07 Å². The number of phenolic OH excluding ortho intramolecular Hbond substituents is 1. The lowest BCUT2D eigenvalue weighted by Crippen LogP contribution is -2.15. The number of phenols is 1. The molecule has 0 amide bonds. The molecule has 2 heterocycles. The molecule has 0 atom stereocenters. The maximum atomic E-state index is 14.0. The van der Waals surface area contributed by atoms with Gasteiger partial charge in [-0.05, 0) is 57.4 Å². The summed E-state index contributed by atoms with van der Waals surface area (Å²) in [5, 5.41) is 10.3. The predicted octanol–water partition coefficient (Wildman–Crippen LogP) is 3.84. The molecule has 1 aromatic heterocycles. The van der Waals surface area contributed by atoms with Crippen molar-refractivity contribution in [1.82, 2.24) is 4.98 Å². The first-order valence-electron chi connectivity index (χ1n) is 8.75. The van der Waals surface area contributed by atoms with Crippen molar-refractivity contribution in [2.75, 3.05) is 11.8 Å². The highest BCUT2D eigenvalue weighted by Gasteiger charge is 2.26. The van der Waals surface area contributed by atoms with Gasteiger partial charge in [-0.2, -0.15) is 0 Å². The van der Waals surface area contributed by atoms with Crippen LogP contribution in [0.3, 0.4) is 0 Å². The fraction of sp³-hybridized carbons (Fsp3) is 0.100. The van der Waals surface area contributed by atoms with Crippen LogP contribution >= 0.6 is 15.9 Å². The van der Waals surface area contributed by atoms with Gasteiger partial charge in [0, 0.05) is 11.8 Å². The van der Waals surface area contributed by atoms with E-state index in [0.29, 0.717) is 16.7 Å². The van der Waals surface area contributed by atoms with Gasteiger partial charge in [-0.3, -0.25) is 4.72 Å². The fourth-order valence-electron chi connectivity index (χ4n) is 3.10. The molecule has 4 bridgehead atoms. The van der Waals surface area contributed by atoms with Crippen molar-refractivity contribution in [3.63, 3.8) is 0 Å². The topological polar surface area (TPSA) is 115 Å². The molecule has 4 rings (SSSR count). The summed E-state index contributed by atoms with van der Waals surface area (Å²) in [6.45, 7) is -0.205. The predicted molar refractivity (Wildman–Crippen MR) is 112 cm³/mol. The molecule has 0 aliphatic carbocycles. The van der Waals surface area contributed by atoms with Crippen LogP contribution in [0.25, 0.3) is 11.1 Å². The monoisotopic (exact) mass is 508 g/mol. The first-order chi connectivity index (χ1) is 14.7. The number of fused-ring (bicyclic) bond motifs is 6. The van der Waals surface area contributed by atoms with Crippen LogP contribution in [0.15, 0.2) is 52.0 Å². The van der Waals surface area contributed by atoms with Gasteiger partial charge in [0.2, 0.25) is 5.88 Å². The van der Waals surface area contributed by atoms with E-state index in [-0.39, 0.29) is 28.2 Å². The average Bonchev–Trinajstić information content (AvgIpc) is 2.73. The quantitative estimate of drug-likeness (QED) is 0.479. The number of hydrogen-bond acceptors (Lipinski definition) is 7. The smallest absolute Gasteiger partial charge is 0.338 e. The number of rotatable bonds is 1. The molecule has 0 unspecified atom stereocenters. The maximum absolute atomic E-state index is 14.0. The number of carbonyl (C=O) groups excluding carboxylic acids is 1. The highest BCUT2D eigenvalue weighted by molar-refractivity contribution is 9.10. The average molecular weight is 509 g/mol. The molecule has 0 saturated heterocycles. The van der Waals surface area contributed by atoms with Crippen LogP contribution in [-0.2, 0) is 21.4 Å². The first kappa shape index (κ1) is 21.1. The SMILES string of the molecule is COc1ncc2cc1NS(=O)(=O)c1cc(cc(Br)c1O)C(=O)OCc1ccc(F)cc1-2. The van der Waals surface area contributed by atoms with E-state index in [1.165, 1.54) is 43.6 Å². The number of methoxy groups -OCH3 is 1. The number of carbonyl (C=O) groups is 1. The summed E-state index contributed by atoms with van der Waals surface area (Å²) in [6.07, 6.45) is 1.38. The third-order valence-electron chi connectivity index (χ3n) is 4.58. The van der Waals surface area contributed by atoms with Crippen LogP contribution in [0.2, 0.25) is 0 Å². The number of esters is 1. The number of aromatic hydroxyl groups is 1. The lowest BCUT2D eigenvalue weighted by molar-refractivity contribution is 0.0473. The summed E-state index contributed by atoms with van der Waals surface area (Å²) in [5.74, 6) is -1.99. The van der Waals surface area contributed by atoms with E-state index in [4.69, 9.17) is 9.47 Å². The summed E-state index contributed by atoms with van der Waals surface area (Å²) in [6, 6.07) is 7.57. The lowest BCUT2D eigenvalue weighted by Gasteiger charge is -2.14. The van der Waals surface area contributed by atoms with Crippen molar-refractivity contribution < 1.29 is 32.2 Å². The third-order valence-corrected chi connectivity index (χ3v) is 6.57. The Labute approximate surface area is 184 Å². The Balaban J connectivity index is 2.00. The standard InChI is InChI=1S/C20H14BrFN2O6S/c1-29-19-16-5-12(8-23-19)14-7-13(22)3-2-10(14)9-30-20(26)11-4-15(21)18(25)17(6-11)31(27,28)24-16/h2-8,24-25H,9H2,1H3. The zero-order valence-corrected chi connectivity index (χ0v) is 18.3. The van der Waals surface area contributed by atoms with Crippen molar-refractivity contribution in [3.8, 4) is 22.8 Å². The van der Waals surface area contributed by atoms with Crippen LogP contribution < -0.4 is 9.46 Å². The largest absolute Gasteiger partial charge is 0.505 e. The van der Waals surface area contributed by atoms with Gasteiger partial charge >= 0.3 is 5.97 Å². The Kier molecular flexibility index (Phi) is 5.31. The molecule has 1 aliphatic heterocycles. The molecule has 1 aliphatic rings. The molecule has 8 nitrogen and oxygen atoms in total. The van der Waals surface area contributed by atoms with Crippen LogP contribution in [0, 0.1) is 5.82 Å². The number of aromatic nitrogens is 1. The molecule has 0 spiro atoms. The zero-order valence-electron chi connectivity index (χ0n) is 15.8. The van der Waals surface area contributed by atoms with Crippen molar-refractivity contribution in [1.29, 1.82) is 0 Å². The van der Waals surface area contributed by atoms with E-state index in [0.717, 1.165) is 6.07 Å². The normalized spacial score (nSPS) is 14.7. The van der Waals surface area contributed by atoms with Gasteiger partial charge in [0.25, 0.3) is 10.0 Å². The summed E-state index contributed by atoms with van der Waals surface area (Å²) in [7, 11) is -3.08. The second-order valence-corrected chi connectivity index (χ2v) is 9.07. The highest BCUT2D eigenvalue weighted by atomic mass is 79.9. The van der Waals surface area contributed by atoms with Gasteiger partial charge in [0.05, 0.1) is 17.1 Å². The number of sulfonamides is 1. The van der Waals surface area contributed by atoms with Crippen molar-refractivity contribution in [2.45, 2.75) is 11.5 Å². The van der Waals surface area contributed by atoms with Crippen LogP contribution in [0.5, 0.6) is 11.6 Å². The van der Waals surface area contributed by atoms with Gasteiger partial charge < -0.3 is 14.6 Å². The summed E-state index contributed by atoms with van der Waals surface area (Å²) in [5.41, 5.74) is 1.05. The third kappa shape index (κ3) is 3.93. The molecule has 3 aromatic rings. The molecule has 0 fully saturated rings. The van der Waals surface area contributed by atoms with E-state index in [2.05, 4.69) is 25.6 Å². The van der Waals surface area contributed by atoms with Crippen molar-refractivity contribution in [3.05, 3.63) is 64.0 Å². The second-order valence-electron chi connectivity index (χ2n) is 6.57. The number of benzene rings is 2. The van der Waals surface area contributed by atoms with E-state index in [1.807, 2.05) is 0 Å². The second kappa shape index (κ2) is 7.82. The molecule has 0 saturated carbocycles. The van der Waals surface area contributed by atoms with E-state index < -0.39 is 32.5 Å². The minimum absolute atomic E-state index is 0.0153. The van der Waals surface area contributed by atoms with Crippen molar-refractivity contribution >= 4 is 37.6 Å². The Morgan fingerprint density at radius 2 is 2.00 bits per heavy atom. The molecular formula is C20H14BrFN2O6S. The summed E-state index contributed by atoms with van der Waals surface area (Å²) < 4.78 is 52.8. The van der Waals surface area contributed by atoms with Crippen molar-refractivity contribution in [2.24, 2.45) is 0 Å². The van der Waals surface area contributed by atoms with Crippen LogP contribution in [0.4, 0.5) is 10.1 Å². The lowest BCUT2D eigenvalue weighted by atomic mass is 10.0. The van der Waals surface area contributed by atoms with Gasteiger partial charge in [0.1, 0.15) is 28.8 Å². The molecule has 0 radical (unpaired) electrons. The molecule has 11 heteroatoms. The van der Waals surface area contributed by atoms with Crippen LogP contribution in [-0.4, -0.2) is 31.6 Å². The Morgan fingerprint density at radius 1 is 1.23 bits per heavy atom. The summed E-state index contributed by atoms with van der Waals surface area (Å²) in [4.78, 5) is 16.1. The Bertz CT molecular complexity index is 1330. The minimum Gasteiger partial charge on any atom is -0.505 e. The van der Waals surface area contributed by atoms with Gasteiger partial charge in [0.15, 0.2) is 0 Å². The Hall–Kier alpha value is -3.18. The number of cyclic esters (lactones) is 1. The molecule has 160 valence electrons. The van der Waals surface area contributed by atoms with Gasteiger partial charge in [-0.25, -0.2) is 22.6 Å². The fourth-order valence-corrected chi connectivity index (χ4v) is 4.89. The Morgan fingerprint density at radius 3 is 2.74 bits per heavy atom. The molecular weight excluding hydrogens is 495 g/mol. The maximum Gasteiger partial charge on any atom is 0.338 e. The van der Waals surface area contributed by atoms with E-state index in [1.54, 1.807) is 0 Å². The van der Waals surface area contributed by atoms with E-state index in [9.17, 15) is 22.7 Å². The number of nitrogens with zero attached hydrogens (tertiary/aromatic N) is 1. The number of halogens is 2. The highest BCUT2D eigenvalue weighted by Crippen LogP contribution is 2.37. The van der Waals surface area contributed by atoms with Gasteiger partial charge in [-0.15, -0.1) is 0 Å². The molecule has 2 N–H and O–H groups in total. The minimum atomic E-state index is -4.39. The van der Waals surface area contributed by atoms with Crippen LogP contribution in [0.1, 0.15) is 15.9 Å².